The number of hydrogen-bond acceptors (Lipinski definition) is 7. The molecular weight excluding hydrogens is 450 g/mol. The van der Waals surface area contributed by atoms with Crippen LogP contribution in [-0.4, -0.2) is 20.1 Å². The number of aromatic amines is 1. The molecule has 0 aliphatic rings. The maximum absolute atomic E-state index is 13.2. The molecule has 2 aromatic carbocycles. The van der Waals surface area contributed by atoms with E-state index in [0.717, 1.165) is 11.1 Å². The minimum Gasteiger partial charge on any atom is -0.493 e. The Labute approximate surface area is 200 Å². The van der Waals surface area contributed by atoms with Gasteiger partial charge < -0.3 is 20.5 Å². The highest BCUT2D eigenvalue weighted by Crippen LogP contribution is 2.43. The molecule has 0 aliphatic carbocycles. The number of nitrogens with one attached hydrogen (secondary N) is 2. The second-order valence-electron chi connectivity index (χ2n) is 7.72. The van der Waals surface area contributed by atoms with E-state index < -0.39 is 0 Å². The number of benzene rings is 2. The maximum atomic E-state index is 13.2. The van der Waals surface area contributed by atoms with Crippen molar-refractivity contribution >= 4 is 44.7 Å². The molecule has 1 amide bonds. The van der Waals surface area contributed by atoms with Crippen molar-refractivity contribution in [3.8, 4) is 28.7 Å². The second kappa shape index (κ2) is 8.92. The third-order valence-electron chi connectivity index (χ3n) is 5.81. The minimum absolute atomic E-state index is 0.183. The summed E-state index contributed by atoms with van der Waals surface area (Å²) in [5.41, 5.74) is 17.1. The highest BCUT2D eigenvalue weighted by atomic mass is 32.1. The molecular formula is C25H24N5O3S+. The van der Waals surface area contributed by atoms with Gasteiger partial charge in [0.05, 0.1) is 25.3 Å². The molecule has 2 aromatic heterocycles. The van der Waals surface area contributed by atoms with Gasteiger partial charge in [0.15, 0.2) is 16.3 Å². The van der Waals surface area contributed by atoms with Gasteiger partial charge in [-0.15, -0.1) is 0 Å². The first-order chi connectivity index (χ1) is 16.3. The lowest BCUT2D eigenvalue weighted by Gasteiger charge is -2.12. The van der Waals surface area contributed by atoms with Crippen molar-refractivity contribution in [2.75, 3.05) is 31.0 Å². The number of nitriles is 1. The monoisotopic (exact) mass is 474 g/mol. The Morgan fingerprint density at radius 3 is 2.53 bits per heavy atom. The molecule has 6 N–H and O–H groups in total. The number of nitrogen functional groups attached to an aromatic ring is 2. The van der Waals surface area contributed by atoms with Crippen LogP contribution < -0.4 is 31.2 Å². The number of ether oxygens (including phenoxy) is 2. The molecule has 34 heavy (non-hydrogen) atoms. The standard InChI is InChI=1S/C25H23N5O3S/c1-12-6-5-7-16(13(12)2)29-24(31)22-21(27)20-19(15(11-26)23(28)30-25(20)34-22)14-8-9-17(32-3)18(10-14)33-4/h5-10H,27H2,1-4H3,(H2,28,30)(H,29,31)/p+1. The topological polar surface area (TPSA) is 138 Å². The zero-order valence-electron chi connectivity index (χ0n) is 19.2. The van der Waals surface area contributed by atoms with E-state index in [4.69, 9.17) is 20.9 Å². The van der Waals surface area contributed by atoms with Crippen LogP contribution in [0.5, 0.6) is 11.5 Å². The number of anilines is 3. The van der Waals surface area contributed by atoms with E-state index >= 15 is 0 Å². The van der Waals surface area contributed by atoms with Crippen molar-refractivity contribution in [2.24, 2.45) is 0 Å². The zero-order valence-corrected chi connectivity index (χ0v) is 20.0. The molecule has 0 unspecified atom stereocenters. The number of carbonyl (C=O) groups excluding carboxylic acids is 1. The summed E-state index contributed by atoms with van der Waals surface area (Å²) < 4.78 is 10.8. The summed E-state index contributed by atoms with van der Waals surface area (Å²) in [4.78, 5) is 17.2. The molecule has 9 heteroatoms. The van der Waals surface area contributed by atoms with Gasteiger partial charge in [0.25, 0.3) is 11.7 Å². The van der Waals surface area contributed by atoms with Crippen LogP contribution in [0.25, 0.3) is 21.3 Å². The Bertz CT molecular complexity index is 1490. The number of thiophene rings is 1. The van der Waals surface area contributed by atoms with E-state index in [-0.39, 0.29) is 23.0 Å². The number of nitrogens with two attached hydrogens (primary N) is 2. The number of pyridine rings is 1. The van der Waals surface area contributed by atoms with Crippen molar-refractivity contribution in [1.29, 1.82) is 5.26 Å². The first kappa shape index (κ1) is 22.9. The van der Waals surface area contributed by atoms with Gasteiger partial charge >= 0.3 is 0 Å². The van der Waals surface area contributed by atoms with Gasteiger partial charge in [-0.1, -0.05) is 29.5 Å². The zero-order chi connectivity index (χ0) is 24.6. The molecule has 0 atom stereocenters. The van der Waals surface area contributed by atoms with Crippen LogP contribution in [0.4, 0.5) is 17.2 Å². The van der Waals surface area contributed by atoms with Gasteiger partial charge in [-0.3, -0.25) is 10.5 Å². The molecule has 172 valence electrons. The Hall–Kier alpha value is -4.29. The summed E-state index contributed by atoms with van der Waals surface area (Å²) in [7, 11) is 3.08. The van der Waals surface area contributed by atoms with Crippen molar-refractivity contribution in [2.45, 2.75) is 13.8 Å². The fourth-order valence-electron chi connectivity index (χ4n) is 3.86. The number of fused-ring (bicyclic) bond motifs is 1. The second-order valence-corrected chi connectivity index (χ2v) is 8.74. The van der Waals surface area contributed by atoms with Crippen LogP contribution in [0.2, 0.25) is 0 Å². The molecule has 0 fully saturated rings. The molecule has 4 rings (SSSR count). The summed E-state index contributed by atoms with van der Waals surface area (Å²) >= 11 is 1.18. The summed E-state index contributed by atoms with van der Waals surface area (Å²) in [6, 6.07) is 13.2. The Morgan fingerprint density at radius 2 is 1.85 bits per heavy atom. The number of aryl methyl sites for hydroxylation is 1. The molecule has 4 aromatic rings. The van der Waals surface area contributed by atoms with Gasteiger partial charge in [0.1, 0.15) is 16.5 Å². The number of hydrogen-bond donors (Lipinski definition) is 3. The normalized spacial score (nSPS) is 10.7. The van der Waals surface area contributed by atoms with Crippen molar-refractivity contribution < 1.29 is 19.3 Å². The lowest BCUT2D eigenvalue weighted by atomic mass is 9.96. The van der Waals surface area contributed by atoms with Crippen molar-refractivity contribution in [3.63, 3.8) is 0 Å². The third-order valence-corrected chi connectivity index (χ3v) is 6.93. The largest absolute Gasteiger partial charge is 0.493 e. The first-order valence-electron chi connectivity index (χ1n) is 10.4. The van der Waals surface area contributed by atoms with Crippen LogP contribution in [0, 0.1) is 25.2 Å². The Morgan fingerprint density at radius 1 is 1.12 bits per heavy atom. The van der Waals surface area contributed by atoms with E-state index in [1.165, 1.54) is 18.4 Å². The maximum Gasteiger partial charge on any atom is 0.290 e. The number of nitrogens with zero attached hydrogens (tertiary/aromatic N) is 1. The Balaban J connectivity index is 1.91. The SMILES string of the molecule is COc1ccc(-c2c(C#N)c(N)[nH+]c3sc(C(=O)Nc4cccc(C)c4C)c(N)c23)cc1OC. The van der Waals surface area contributed by atoms with Gasteiger partial charge in [-0.2, -0.15) is 5.26 Å². The van der Waals surface area contributed by atoms with Crippen LogP contribution in [-0.2, 0) is 0 Å². The highest BCUT2D eigenvalue weighted by molar-refractivity contribution is 7.21. The molecule has 0 radical (unpaired) electrons. The van der Waals surface area contributed by atoms with Gasteiger partial charge in [-0.05, 0) is 48.7 Å². The number of aromatic nitrogens is 1. The number of amides is 1. The minimum atomic E-state index is -0.337. The fraction of sp³-hybridized carbons (Fsp3) is 0.160. The van der Waals surface area contributed by atoms with Gasteiger partial charge in [0.2, 0.25) is 0 Å². The number of rotatable bonds is 5. The highest BCUT2D eigenvalue weighted by Gasteiger charge is 2.27. The molecule has 0 saturated carbocycles. The average Bonchev–Trinajstić information content (AvgIpc) is 3.16. The Kier molecular flexibility index (Phi) is 6.01. The van der Waals surface area contributed by atoms with Crippen molar-refractivity contribution in [3.05, 3.63) is 58.0 Å². The first-order valence-corrected chi connectivity index (χ1v) is 11.2. The summed E-state index contributed by atoms with van der Waals surface area (Å²) in [6.45, 7) is 3.93. The number of carbonyl (C=O) groups is 1. The summed E-state index contributed by atoms with van der Waals surface area (Å²) in [5.74, 6) is 0.882. The van der Waals surface area contributed by atoms with Crippen LogP contribution >= 0.6 is 11.3 Å². The van der Waals surface area contributed by atoms with Gasteiger partial charge in [0, 0.05) is 11.3 Å². The molecule has 8 nitrogen and oxygen atoms in total. The average molecular weight is 475 g/mol. The predicted molar refractivity (Wildman–Crippen MR) is 134 cm³/mol. The number of methoxy groups -OCH3 is 2. The van der Waals surface area contributed by atoms with Crippen LogP contribution in [0.3, 0.4) is 0 Å². The summed E-state index contributed by atoms with van der Waals surface area (Å²) in [6.07, 6.45) is 0. The smallest absolute Gasteiger partial charge is 0.290 e. The van der Waals surface area contributed by atoms with Gasteiger partial charge in [-0.25, -0.2) is 4.98 Å². The third kappa shape index (κ3) is 3.74. The van der Waals surface area contributed by atoms with Crippen LogP contribution in [0.1, 0.15) is 26.4 Å². The quantitative estimate of drug-likeness (QED) is 0.394. The number of H-pyrrole nitrogens is 1. The van der Waals surface area contributed by atoms with E-state index in [2.05, 4.69) is 16.4 Å². The van der Waals surface area contributed by atoms with Crippen LogP contribution in [0.15, 0.2) is 36.4 Å². The summed E-state index contributed by atoms with van der Waals surface area (Å²) in [5, 5.41) is 13.4. The predicted octanol–water partition coefficient (Wildman–Crippen LogP) is 4.30. The molecule has 2 heterocycles. The fourth-order valence-corrected chi connectivity index (χ4v) is 4.89. The van der Waals surface area contributed by atoms with E-state index in [9.17, 15) is 10.1 Å². The molecule has 0 bridgehead atoms. The molecule has 0 saturated heterocycles. The molecule has 0 spiro atoms. The lowest BCUT2D eigenvalue weighted by molar-refractivity contribution is -0.323. The van der Waals surface area contributed by atoms with E-state index in [1.807, 2.05) is 32.0 Å². The lowest BCUT2D eigenvalue weighted by Crippen LogP contribution is -2.14. The van der Waals surface area contributed by atoms with E-state index in [1.54, 1.807) is 25.3 Å². The van der Waals surface area contributed by atoms with Crippen molar-refractivity contribution in [1.82, 2.24) is 0 Å². The molecule has 0 aliphatic heterocycles. The van der Waals surface area contributed by atoms with E-state index in [0.29, 0.717) is 43.4 Å².